The Morgan fingerprint density at radius 1 is 1.25 bits per heavy atom. The Morgan fingerprint density at radius 3 is 2.85 bits per heavy atom. The van der Waals surface area contributed by atoms with Crippen molar-refractivity contribution in [2.45, 2.75) is 19.3 Å². The first-order valence-electron chi connectivity index (χ1n) is 6.22. The molecule has 0 fully saturated rings. The van der Waals surface area contributed by atoms with Gasteiger partial charge < -0.3 is 4.74 Å². The molecule has 0 unspecified atom stereocenters. The second-order valence-electron chi connectivity index (χ2n) is 4.62. The van der Waals surface area contributed by atoms with Gasteiger partial charge in [0.25, 0.3) is 0 Å². The van der Waals surface area contributed by atoms with E-state index < -0.39 is 5.82 Å². The predicted octanol–water partition coefficient (Wildman–Crippen LogP) is 4.14. The molecule has 0 radical (unpaired) electrons. The summed E-state index contributed by atoms with van der Waals surface area (Å²) in [6, 6.07) is 8.14. The molecule has 100 valence electrons. The normalized spacial score (nSPS) is 12.8. The van der Waals surface area contributed by atoms with Gasteiger partial charge in [0.1, 0.15) is 23.2 Å². The van der Waals surface area contributed by atoms with Gasteiger partial charge in [-0.15, -0.1) is 0 Å². The third-order valence-electron chi connectivity index (χ3n) is 3.19. The molecule has 20 heavy (non-hydrogen) atoms. The molecule has 0 amide bonds. The van der Waals surface area contributed by atoms with E-state index in [4.69, 9.17) is 4.74 Å². The van der Waals surface area contributed by atoms with E-state index in [2.05, 4.69) is 27.0 Å². The third-order valence-corrected chi connectivity index (χ3v) is 3.64. The molecule has 0 saturated heterocycles. The lowest BCUT2D eigenvalue weighted by molar-refractivity contribution is 0.454. The van der Waals surface area contributed by atoms with Crippen LogP contribution in [0.25, 0.3) is 0 Å². The number of nitriles is 1. The highest BCUT2D eigenvalue weighted by molar-refractivity contribution is 9.10. The zero-order chi connectivity index (χ0) is 14.1. The van der Waals surface area contributed by atoms with Crippen LogP contribution in [0.4, 0.5) is 4.39 Å². The minimum absolute atomic E-state index is 0.241. The molecule has 1 heterocycles. The molecule has 1 aromatic carbocycles. The summed E-state index contributed by atoms with van der Waals surface area (Å²) in [4.78, 5) is 4.40. The lowest BCUT2D eigenvalue weighted by Crippen LogP contribution is -1.97. The SMILES string of the molecule is N#Cc1cc2c(nc1Oc1cc(F)cc(Br)c1)CCC2. The van der Waals surface area contributed by atoms with Crippen LogP contribution in [0.5, 0.6) is 11.6 Å². The van der Waals surface area contributed by atoms with Crippen LogP contribution < -0.4 is 4.74 Å². The van der Waals surface area contributed by atoms with Gasteiger partial charge >= 0.3 is 0 Å². The number of fused-ring (bicyclic) bond motifs is 1. The highest BCUT2D eigenvalue weighted by Gasteiger charge is 2.17. The molecule has 2 aromatic rings. The third kappa shape index (κ3) is 2.52. The van der Waals surface area contributed by atoms with Gasteiger partial charge in [-0.1, -0.05) is 15.9 Å². The Labute approximate surface area is 124 Å². The number of halogens is 2. The topological polar surface area (TPSA) is 45.9 Å². The Kier molecular flexibility index (Phi) is 3.41. The average Bonchev–Trinajstić information content (AvgIpc) is 2.83. The first kappa shape index (κ1) is 13.1. The molecule has 3 rings (SSSR count). The number of ether oxygens (including phenoxy) is 1. The molecule has 0 spiro atoms. The van der Waals surface area contributed by atoms with Gasteiger partial charge in [0, 0.05) is 16.2 Å². The van der Waals surface area contributed by atoms with E-state index in [9.17, 15) is 9.65 Å². The van der Waals surface area contributed by atoms with Crippen LogP contribution in [0.1, 0.15) is 23.2 Å². The van der Waals surface area contributed by atoms with E-state index >= 15 is 0 Å². The van der Waals surface area contributed by atoms with Gasteiger partial charge in [-0.3, -0.25) is 0 Å². The van der Waals surface area contributed by atoms with E-state index in [0.717, 1.165) is 30.5 Å². The van der Waals surface area contributed by atoms with E-state index in [-0.39, 0.29) is 5.88 Å². The van der Waals surface area contributed by atoms with Crippen molar-refractivity contribution in [3.05, 3.63) is 51.4 Å². The fraction of sp³-hybridized carbons (Fsp3) is 0.200. The van der Waals surface area contributed by atoms with E-state index in [1.165, 1.54) is 12.1 Å². The number of pyridine rings is 1. The van der Waals surface area contributed by atoms with Gasteiger partial charge in [0.15, 0.2) is 0 Å². The van der Waals surface area contributed by atoms with Gasteiger partial charge in [-0.2, -0.15) is 5.26 Å². The summed E-state index contributed by atoms with van der Waals surface area (Å²) in [7, 11) is 0. The van der Waals surface area contributed by atoms with Crippen LogP contribution >= 0.6 is 15.9 Å². The maximum Gasteiger partial charge on any atom is 0.237 e. The highest BCUT2D eigenvalue weighted by Crippen LogP contribution is 2.30. The van der Waals surface area contributed by atoms with E-state index in [0.29, 0.717) is 15.8 Å². The summed E-state index contributed by atoms with van der Waals surface area (Å²) in [5.41, 5.74) is 2.45. The largest absolute Gasteiger partial charge is 0.438 e. The first-order valence-corrected chi connectivity index (χ1v) is 7.02. The Bertz CT molecular complexity index is 704. The molecule has 0 N–H and O–H groups in total. The van der Waals surface area contributed by atoms with Crippen LogP contribution in [0.3, 0.4) is 0 Å². The summed E-state index contributed by atoms with van der Waals surface area (Å²) in [6.07, 6.45) is 2.88. The minimum atomic E-state index is -0.408. The number of aromatic nitrogens is 1. The lowest BCUT2D eigenvalue weighted by Gasteiger charge is -2.09. The second-order valence-corrected chi connectivity index (χ2v) is 5.54. The van der Waals surface area contributed by atoms with Gasteiger partial charge in [-0.05, 0) is 43.0 Å². The van der Waals surface area contributed by atoms with E-state index in [1.807, 2.05) is 6.07 Å². The summed E-state index contributed by atoms with van der Waals surface area (Å²) in [6.45, 7) is 0. The molecule has 5 heteroatoms. The highest BCUT2D eigenvalue weighted by atomic mass is 79.9. The average molecular weight is 333 g/mol. The smallest absolute Gasteiger partial charge is 0.237 e. The number of hydrogen-bond donors (Lipinski definition) is 0. The fourth-order valence-corrected chi connectivity index (χ4v) is 2.75. The molecule has 0 bridgehead atoms. The van der Waals surface area contributed by atoms with Crippen molar-refractivity contribution in [1.82, 2.24) is 4.98 Å². The van der Waals surface area contributed by atoms with Crippen molar-refractivity contribution in [1.29, 1.82) is 5.26 Å². The lowest BCUT2D eigenvalue weighted by atomic mass is 10.1. The van der Waals surface area contributed by atoms with Crippen LogP contribution in [0, 0.1) is 17.1 Å². The summed E-state index contributed by atoms with van der Waals surface area (Å²) >= 11 is 3.21. The van der Waals surface area contributed by atoms with Crippen molar-refractivity contribution < 1.29 is 9.13 Å². The van der Waals surface area contributed by atoms with Crippen molar-refractivity contribution in [3.8, 4) is 17.7 Å². The van der Waals surface area contributed by atoms with Crippen LogP contribution in [0.2, 0.25) is 0 Å². The number of nitrogens with zero attached hydrogens (tertiary/aromatic N) is 2. The molecule has 0 aliphatic heterocycles. The van der Waals surface area contributed by atoms with Crippen molar-refractivity contribution >= 4 is 15.9 Å². The summed E-state index contributed by atoms with van der Waals surface area (Å²) in [5, 5.41) is 9.18. The number of aryl methyl sites for hydroxylation is 2. The van der Waals surface area contributed by atoms with Gasteiger partial charge in [-0.25, -0.2) is 9.37 Å². The molecular weight excluding hydrogens is 323 g/mol. The van der Waals surface area contributed by atoms with E-state index in [1.54, 1.807) is 6.07 Å². The number of benzene rings is 1. The zero-order valence-electron chi connectivity index (χ0n) is 10.5. The maximum atomic E-state index is 13.3. The van der Waals surface area contributed by atoms with Crippen molar-refractivity contribution in [2.75, 3.05) is 0 Å². The van der Waals surface area contributed by atoms with Crippen LogP contribution in [-0.4, -0.2) is 4.98 Å². The number of hydrogen-bond acceptors (Lipinski definition) is 3. The Balaban J connectivity index is 2.00. The molecule has 1 aromatic heterocycles. The number of rotatable bonds is 2. The quantitative estimate of drug-likeness (QED) is 0.830. The first-order chi connectivity index (χ1) is 9.65. The van der Waals surface area contributed by atoms with Crippen LogP contribution in [-0.2, 0) is 12.8 Å². The molecular formula is C15H10BrFN2O. The Morgan fingerprint density at radius 2 is 2.10 bits per heavy atom. The van der Waals surface area contributed by atoms with Crippen molar-refractivity contribution in [2.24, 2.45) is 0 Å². The standard InChI is InChI=1S/C15H10BrFN2O/c16-11-5-12(17)7-13(6-11)20-15-10(8-18)4-9-2-1-3-14(9)19-15/h4-7H,1-3H2. The summed E-state index contributed by atoms with van der Waals surface area (Å²) in [5.74, 6) is 0.151. The molecule has 1 aliphatic rings. The zero-order valence-corrected chi connectivity index (χ0v) is 12.1. The second kappa shape index (κ2) is 5.22. The monoisotopic (exact) mass is 332 g/mol. The molecule has 1 aliphatic carbocycles. The maximum absolute atomic E-state index is 13.3. The van der Waals surface area contributed by atoms with Gasteiger partial charge in [0.05, 0.1) is 0 Å². The predicted molar refractivity (Wildman–Crippen MR) is 75.2 cm³/mol. The molecule has 3 nitrogen and oxygen atoms in total. The van der Waals surface area contributed by atoms with Crippen molar-refractivity contribution in [3.63, 3.8) is 0 Å². The van der Waals surface area contributed by atoms with Gasteiger partial charge in [0.2, 0.25) is 5.88 Å². The minimum Gasteiger partial charge on any atom is -0.438 e. The van der Waals surface area contributed by atoms with Crippen LogP contribution in [0.15, 0.2) is 28.7 Å². The summed E-state index contributed by atoms with van der Waals surface area (Å²) < 4.78 is 19.5. The molecule has 0 atom stereocenters. The molecule has 0 saturated carbocycles. The fourth-order valence-electron chi connectivity index (χ4n) is 2.31. The Hall–Kier alpha value is -1.93.